The molecule has 2 aromatic rings. The van der Waals surface area contributed by atoms with E-state index in [9.17, 15) is 9.59 Å². The second-order valence-electron chi connectivity index (χ2n) is 5.26. The predicted octanol–water partition coefficient (Wildman–Crippen LogP) is 3.84. The first-order chi connectivity index (χ1) is 10.9. The number of nitrogens with zero attached hydrogens (tertiary/aromatic N) is 1. The van der Waals surface area contributed by atoms with Gasteiger partial charge in [0.1, 0.15) is 0 Å². The van der Waals surface area contributed by atoms with Gasteiger partial charge in [-0.15, -0.1) is 0 Å². The number of carbonyl (C=O) groups excluding carboxylic acids is 2. The van der Waals surface area contributed by atoms with Crippen molar-refractivity contribution in [3.05, 3.63) is 63.4 Å². The molecule has 0 saturated carbocycles. The van der Waals surface area contributed by atoms with Gasteiger partial charge in [0.2, 0.25) is 5.78 Å². The normalized spacial score (nSPS) is 11.0. The number of aromatic nitrogens is 1. The predicted molar refractivity (Wildman–Crippen MR) is 93.4 cm³/mol. The number of aryl methyl sites for hydroxylation is 1. The average Bonchev–Trinajstić information content (AvgIpc) is 2.78. The number of Topliss-reactive ketones (excluding diaryl/α,β-unsaturated/α-hetero) is 1. The molecule has 0 N–H and O–H groups in total. The van der Waals surface area contributed by atoms with Crippen LogP contribution in [0.1, 0.15) is 27.3 Å². The van der Waals surface area contributed by atoms with Gasteiger partial charge in [0.05, 0.1) is 0 Å². The van der Waals surface area contributed by atoms with Crippen molar-refractivity contribution in [1.29, 1.82) is 0 Å². The maximum Gasteiger partial charge on any atom is 0.331 e. The Balaban J connectivity index is 1.93. The van der Waals surface area contributed by atoms with E-state index in [1.165, 1.54) is 6.08 Å². The number of rotatable bonds is 5. The summed E-state index contributed by atoms with van der Waals surface area (Å²) >= 11 is 3.36. The lowest BCUT2D eigenvalue weighted by molar-refractivity contribution is -0.136. The van der Waals surface area contributed by atoms with E-state index in [2.05, 4.69) is 15.9 Å². The van der Waals surface area contributed by atoms with Crippen molar-refractivity contribution < 1.29 is 14.3 Å². The molecule has 0 spiro atoms. The molecular formula is C18H18BrNO3. The van der Waals surface area contributed by atoms with Gasteiger partial charge in [-0.05, 0) is 43.7 Å². The van der Waals surface area contributed by atoms with Crippen LogP contribution in [0.25, 0.3) is 6.08 Å². The van der Waals surface area contributed by atoms with Crippen LogP contribution < -0.4 is 0 Å². The van der Waals surface area contributed by atoms with Crippen LogP contribution in [0.15, 0.2) is 40.9 Å². The highest BCUT2D eigenvalue weighted by Crippen LogP contribution is 2.14. The van der Waals surface area contributed by atoms with Gasteiger partial charge in [0, 0.05) is 34.5 Å². The Labute approximate surface area is 143 Å². The molecule has 0 atom stereocenters. The van der Waals surface area contributed by atoms with E-state index in [0.717, 1.165) is 21.4 Å². The molecule has 5 heteroatoms. The van der Waals surface area contributed by atoms with Crippen LogP contribution in [0.5, 0.6) is 0 Å². The minimum Gasteiger partial charge on any atom is -0.454 e. The lowest BCUT2D eigenvalue weighted by Gasteiger charge is -2.03. The Hall–Kier alpha value is -2.14. The van der Waals surface area contributed by atoms with Crippen LogP contribution in [0, 0.1) is 13.8 Å². The molecule has 23 heavy (non-hydrogen) atoms. The molecule has 0 aliphatic heterocycles. The number of hydrogen-bond donors (Lipinski definition) is 0. The van der Waals surface area contributed by atoms with Crippen LogP contribution in [-0.2, 0) is 16.6 Å². The summed E-state index contributed by atoms with van der Waals surface area (Å²) in [5.74, 6) is -0.737. The molecule has 4 nitrogen and oxygen atoms in total. The highest BCUT2D eigenvalue weighted by Gasteiger charge is 2.15. The molecule has 120 valence electrons. The van der Waals surface area contributed by atoms with Gasteiger partial charge < -0.3 is 9.30 Å². The Morgan fingerprint density at radius 2 is 2.00 bits per heavy atom. The standard InChI is InChI=1S/C18H18BrNO3/c1-12-9-16(13(2)20(12)3)17(21)11-23-18(22)8-7-14-5-4-6-15(19)10-14/h4-10H,11H2,1-3H3/b8-7+. The summed E-state index contributed by atoms with van der Waals surface area (Å²) < 4.78 is 7.88. The second-order valence-corrected chi connectivity index (χ2v) is 6.18. The Bertz CT molecular complexity index is 775. The first-order valence-electron chi connectivity index (χ1n) is 7.15. The summed E-state index contributed by atoms with van der Waals surface area (Å²) in [5.41, 5.74) is 3.32. The zero-order valence-electron chi connectivity index (χ0n) is 13.3. The second kappa shape index (κ2) is 7.42. The zero-order valence-corrected chi connectivity index (χ0v) is 14.9. The van der Waals surface area contributed by atoms with E-state index in [0.29, 0.717) is 5.56 Å². The highest BCUT2D eigenvalue weighted by atomic mass is 79.9. The molecule has 0 bridgehead atoms. The fraction of sp³-hybridized carbons (Fsp3) is 0.222. The van der Waals surface area contributed by atoms with Crippen molar-refractivity contribution in [2.75, 3.05) is 6.61 Å². The van der Waals surface area contributed by atoms with E-state index in [4.69, 9.17) is 4.74 Å². The molecule has 2 rings (SSSR count). The molecule has 0 unspecified atom stereocenters. The van der Waals surface area contributed by atoms with Gasteiger partial charge in [-0.25, -0.2) is 4.79 Å². The van der Waals surface area contributed by atoms with Crippen molar-refractivity contribution in [2.24, 2.45) is 7.05 Å². The Morgan fingerprint density at radius 1 is 1.26 bits per heavy atom. The van der Waals surface area contributed by atoms with Crippen LogP contribution in [-0.4, -0.2) is 22.9 Å². The van der Waals surface area contributed by atoms with Crippen LogP contribution in [0.3, 0.4) is 0 Å². The van der Waals surface area contributed by atoms with E-state index in [-0.39, 0.29) is 12.4 Å². The fourth-order valence-electron chi connectivity index (χ4n) is 2.17. The molecule has 0 fully saturated rings. The third kappa shape index (κ3) is 4.42. The van der Waals surface area contributed by atoms with Gasteiger partial charge in [-0.1, -0.05) is 28.1 Å². The minimum atomic E-state index is -0.538. The van der Waals surface area contributed by atoms with Crippen molar-refractivity contribution in [3.8, 4) is 0 Å². The summed E-state index contributed by atoms with van der Waals surface area (Å²) in [4.78, 5) is 23.8. The van der Waals surface area contributed by atoms with E-state index < -0.39 is 5.97 Å². The molecule has 0 saturated heterocycles. The molecule has 1 aromatic carbocycles. The van der Waals surface area contributed by atoms with Gasteiger partial charge in [-0.3, -0.25) is 4.79 Å². The SMILES string of the molecule is Cc1cc(C(=O)COC(=O)/C=C/c2cccc(Br)c2)c(C)n1C. The summed E-state index contributed by atoms with van der Waals surface area (Å²) in [7, 11) is 1.90. The average molecular weight is 376 g/mol. The summed E-state index contributed by atoms with van der Waals surface area (Å²) in [5, 5.41) is 0. The molecule has 0 aliphatic rings. The van der Waals surface area contributed by atoms with E-state index in [1.807, 2.05) is 55.8 Å². The molecule has 0 aliphatic carbocycles. The molecule has 1 heterocycles. The first kappa shape index (κ1) is 17.2. The quantitative estimate of drug-likeness (QED) is 0.453. The van der Waals surface area contributed by atoms with Crippen molar-refractivity contribution in [3.63, 3.8) is 0 Å². The lowest BCUT2D eigenvalue weighted by atomic mass is 10.1. The van der Waals surface area contributed by atoms with Gasteiger partial charge in [0.15, 0.2) is 6.61 Å². The highest BCUT2D eigenvalue weighted by molar-refractivity contribution is 9.10. The number of ketones is 1. The van der Waals surface area contributed by atoms with Gasteiger partial charge in [-0.2, -0.15) is 0 Å². The lowest BCUT2D eigenvalue weighted by Crippen LogP contribution is -2.13. The first-order valence-corrected chi connectivity index (χ1v) is 7.94. The largest absolute Gasteiger partial charge is 0.454 e. The topological polar surface area (TPSA) is 48.3 Å². The molecule has 1 aromatic heterocycles. The van der Waals surface area contributed by atoms with Crippen LogP contribution >= 0.6 is 15.9 Å². The number of hydrogen-bond acceptors (Lipinski definition) is 3. The van der Waals surface area contributed by atoms with E-state index >= 15 is 0 Å². The minimum absolute atomic E-state index is 0.199. The van der Waals surface area contributed by atoms with Gasteiger partial charge in [0.25, 0.3) is 0 Å². The van der Waals surface area contributed by atoms with Crippen molar-refractivity contribution in [1.82, 2.24) is 4.57 Å². The number of esters is 1. The number of halogens is 1. The number of ether oxygens (including phenoxy) is 1. The third-order valence-electron chi connectivity index (χ3n) is 3.68. The number of benzene rings is 1. The van der Waals surface area contributed by atoms with Gasteiger partial charge >= 0.3 is 5.97 Å². The third-order valence-corrected chi connectivity index (χ3v) is 4.17. The summed E-state index contributed by atoms with van der Waals surface area (Å²) in [6, 6.07) is 9.33. The Morgan fingerprint density at radius 3 is 2.61 bits per heavy atom. The Kier molecular flexibility index (Phi) is 5.55. The smallest absolute Gasteiger partial charge is 0.331 e. The molecule has 0 radical (unpaired) electrons. The van der Waals surface area contributed by atoms with Crippen LogP contribution in [0.2, 0.25) is 0 Å². The summed E-state index contributed by atoms with van der Waals surface area (Å²) in [6.07, 6.45) is 2.97. The molecular weight excluding hydrogens is 358 g/mol. The van der Waals surface area contributed by atoms with E-state index in [1.54, 1.807) is 6.08 Å². The molecule has 0 amide bonds. The maximum atomic E-state index is 12.1. The van der Waals surface area contributed by atoms with Crippen molar-refractivity contribution in [2.45, 2.75) is 13.8 Å². The summed E-state index contributed by atoms with van der Waals surface area (Å²) in [6.45, 7) is 3.54. The van der Waals surface area contributed by atoms with Crippen LogP contribution in [0.4, 0.5) is 0 Å². The fourth-order valence-corrected chi connectivity index (χ4v) is 2.59. The zero-order chi connectivity index (χ0) is 17.0. The maximum absolute atomic E-state index is 12.1. The number of carbonyl (C=O) groups is 2. The van der Waals surface area contributed by atoms with Crippen molar-refractivity contribution >= 4 is 33.8 Å². The monoisotopic (exact) mass is 375 g/mol.